The zero-order valence-electron chi connectivity index (χ0n) is 13.0. The lowest BCUT2D eigenvalue weighted by Gasteiger charge is -2.11. The Morgan fingerprint density at radius 3 is 2.58 bits per heavy atom. The van der Waals surface area contributed by atoms with E-state index in [1.165, 1.54) is 22.3 Å². The Kier molecular flexibility index (Phi) is 5.16. The molecule has 3 N–H and O–H groups in total. The Morgan fingerprint density at radius 1 is 1.17 bits per heavy atom. The largest absolute Gasteiger partial charge is 0.365 e. The van der Waals surface area contributed by atoms with Crippen molar-refractivity contribution >= 4 is 50.2 Å². The van der Waals surface area contributed by atoms with E-state index in [2.05, 4.69) is 21.2 Å². The standard InChI is InChI=1S/C18H17BrN2O2S/c19-12-8-5-11(6-9-12)7-10-15(22)21-18-16(17(20)23)13-3-1-2-4-14(13)24-18/h5-10H,1-4H2,(H2,20,23)(H,21,22). The summed E-state index contributed by atoms with van der Waals surface area (Å²) in [7, 11) is 0. The van der Waals surface area contributed by atoms with Crippen LogP contribution in [0.15, 0.2) is 34.8 Å². The maximum atomic E-state index is 12.2. The zero-order valence-corrected chi connectivity index (χ0v) is 15.4. The van der Waals surface area contributed by atoms with Crippen molar-refractivity contribution in [2.75, 3.05) is 5.32 Å². The smallest absolute Gasteiger partial charge is 0.251 e. The summed E-state index contributed by atoms with van der Waals surface area (Å²) in [5.41, 5.74) is 7.96. The van der Waals surface area contributed by atoms with Crippen LogP contribution in [0.2, 0.25) is 0 Å². The molecule has 1 aromatic carbocycles. The number of halogens is 1. The average molecular weight is 405 g/mol. The van der Waals surface area contributed by atoms with Crippen molar-refractivity contribution < 1.29 is 9.59 Å². The van der Waals surface area contributed by atoms with Crippen LogP contribution in [0.1, 0.15) is 39.2 Å². The van der Waals surface area contributed by atoms with E-state index in [9.17, 15) is 9.59 Å². The molecule has 0 radical (unpaired) electrons. The summed E-state index contributed by atoms with van der Waals surface area (Å²) < 4.78 is 0.986. The Morgan fingerprint density at radius 2 is 1.88 bits per heavy atom. The fourth-order valence-corrected chi connectivity index (χ4v) is 4.38. The summed E-state index contributed by atoms with van der Waals surface area (Å²) in [5.74, 6) is -0.736. The van der Waals surface area contributed by atoms with Gasteiger partial charge in [-0.1, -0.05) is 28.1 Å². The van der Waals surface area contributed by atoms with Crippen LogP contribution < -0.4 is 11.1 Å². The number of carbonyl (C=O) groups is 2. The lowest BCUT2D eigenvalue weighted by Crippen LogP contribution is -2.17. The van der Waals surface area contributed by atoms with Crippen molar-refractivity contribution in [2.45, 2.75) is 25.7 Å². The van der Waals surface area contributed by atoms with Crippen molar-refractivity contribution in [1.82, 2.24) is 0 Å². The number of benzene rings is 1. The van der Waals surface area contributed by atoms with Gasteiger partial charge in [0, 0.05) is 15.4 Å². The normalized spacial score (nSPS) is 13.7. The summed E-state index contributed by atoms with van der Waals surface area (Å²) in [6.07, 6.45) is 7.18. The highest BCUT2D eigenvalue weighted by molar-refractivity contribution is 9.10. The second-order valence-corrected chi connectivity index (χ2v) is 7.67. The Labute approximate surface area is 152 Å². The molecule has 0 spiro atoms. The molecule has 2 amide bonds. The number of nitrogens with one attached hydrogen (secondary N) is 1. The molecule has 1 heterocycles. The van der Waals surface area contributed by atoms with E-state index in [4.69, 9.17) is 5.73 Å². The molecular weight excluding hydrogens is 388 g/mol. The van der Waals surface area contributed by atoms with E-state index >= 15 is 0 Å². The molecule has 2 aromatic rings. The topological polar surface area (TPSA) is 72.2 Å². The molecule has 0 bridgehead atoms. The van der Waals surface area contributed by atoms with Gasteiger partial charge in [-0.2, -0.15) is 0 Å². The molecule has 0 unspecified atom stereocenters. The summed E-state index contributed by atoms with van der Waals surface area (Å²) >= 11 is 4.84. The fraction of sp³-hybridized carbons (Fsp3) is 0.222. The summed E-state index contributed by atoms with van der Waals surface area (Å²) in [5, 5.41) is 3.38. The molecule has 3 rings (SSSR count). The minimum atomic E-state index is -0.471. The minimum Gasteiger partial charge on any atom is -0.365 e. The van der Waals surface area contributed by atoms with Crippen LogP contribution in [0.3, 0.4) is 0 Å². The molecule has 24 heavy (non-hydrogen) atoms. The number of primary amides is 1. The lowest BCUT2D eigenvalue weighted by molar-refractivity contribution is -0.111. The van der Waals surface area contributed by atoms with Crippen molar-refractivity contribution in [3.05, 3.63) is 56.4 Å². The maximum Gasteiger partial charge on any atom is 0.251 e. The summed E-state index contributed by atoms with van der Waals surface area (Å²) in [6, 6.07) is 7.64. The third-order valence-corrected chi connectivity index (χ3v) is 5.69. The average Bonchev–Trinajstić information content (AvgIpc) is 2.92. The molecule has 0 saturated heterocycles. The minimum absolute atomic E-state index is 0.265. The molecule has 1 aliphatic carbocycles. The molecule has 0 saturated carbocycles. The van der Waals surface area contributed by atoms with Crippen molar-refractivity contribution in [2.24, 2.45) is 5.73 Å². The molecule has 0 atom stereocenters. The van der Waals surface area contributed by atoms with Gasteiger partial charge in [0.05, 0.1) is 5.56 Å². The predicted molar refractivity (Wildman–Crippen MR) is 101 cm³/mol. The van der Waals surface area contributed by atoms with E-state index < -0.39 is 5.91 Å². The highest BCUT2D eigenvalue weighted by atomic mass is 79.9. The van der Waals surface area contributed by atoms with Crippen molar-refractivity contribution in [1.29, 1.82) is 0 Å². The second kappa shape index (κ2) is 7.32. The number of fused-ring (bicyclic) bond motifs is 1. The van der Waals surface area contributed by atoms with E-state index in [1.807, 2.05) is 24.3 Å². The highest BCUT2D eigenvalue weighted by Crippen LogP contribution is 2.37. The van der Waals surface area contributed by atoms with Gasteiger partial charge >= 0.3 is 0 Å². The first-order valence-electron chi connectivity index (χ1n) is 7.73. The summed E-state index contributed by atoms with van der Waals surface area (Å²) in [6.45, 7) is 0. The highest BCUT2D eigenvalue weighted by Gasteiger charge is 2.24. The number of rotatable bonds is 4. The van der Waals surface area contributed by atoms with Gasteiger partial charge in [0.2, 0.25) is 5.91 Å². The van der Waals surface area contributed by atoms with Crippen molar-refractivity contribution in [3.63, 3.8) is 0 Å². The van der Waals surface area contributed by atoms with Gasteiger partial charge in [-0.3, -0.25) is 9.59 Å². The van der Waals surface area contributed by atoms with E-state index in [1.54, 1.807) is 6.08 Å². The molecular formula is C18H17BrN2O2S. The third kappa shape index (κ3) is 3.76. The predicted octanol–water partition coefficient (Wildman–Crippen LogP) is 4.14. The Bertz CT molecular complexity index is 809. The van der Waals surface area contributed by atoms with Gasteiger partial charge in [0.1, 0.15) is 5.00 Å². The number of nitrogens with two attached hydrogens (primary N) is 1. The first-order valence-corrected chi connectivity index (χ1v) is 9.34. The van der Waals surface area contributed by atoms with E-state index in [0.717, 1.165) is 41.3 Å². The van der Waals surface area contributed by atoms with Crippen LogP contribution in [0, 0.1) is 0 Å². The van der Waals surface area contributed by atoms with Gasteiger partial charge in [0.15, 0.2) is 0 Å². The number of amides is 2. The molecule has 1 aromatic heterocycles. The fourth-order valence-electron chi connectivity index (χ4n) is 2.81. The summed E-state index contributed by atoms with van der Waals surface area (Å²) in [4.78, 5) is 25.2. The van der Waals surface area contributed by atoms with Gasteiger partial charge in [0.25, 0.3) is 5.91 Å². The van der Waals surface area contributed by atoms with Gasteiger partial charge in [-0.15, -0.1) is 11.3 Å². The van der Waals surface area contributed by atoms with E-state index in [-0.39, 0.29) is 5.91 Å². The van der Waals surface area contributed by atoms with Crippen molar-refractivity contribution in [3.8, 4) is 0 Å². The van der Waals surface area contributed by atoms with Gasteiger partial charge in [-0.05, 0) is 55.0 Å². The number of hydrogen-bond donors (Lipinski definition) is 2. The third-order valence-electron chi connectivity index (χ3n) is 3.95. The number of anilines is 1. The lowest BCUT2D eigenvalue weighted by atomic mass is 9.95. The van der Waals surface area contributed by atoms with Crippen LogP contribution >= 0.6 is 27.3 Å². The SMILES string of the molecule is NC(=O)c1c(NC(=O)C=Cc2ccc(Br)cc2)sc2c1CCCC2. The molecule has 4 nitrogen and oxygen atoms in total. The van der Waals surface area contributed by atoms with Gasteiger partial charge < -0.3 is 11.1 Å². The molecule has 124 valence electrons. The van der Waals surface area contributed by atoms with Crippen LogP contribution in [0.25, 0.3) is 6.08 Å². The monoisotopic (exact) mass is 404 g/mol. The number of thiophene rings is 1. The first kappa shape index (κ1) is 16.9. The van der Waals surface area contributed by atoms with Crippen LogP contribution in [-0.2, 0) is 17.6 Å². The Hall–Kier alpha value is -1.92. The number of hydrogen-bond acceptors (Lipinski definition) is 3. The van der Waals surface area contributed by atoms with Gasteiger partial charge in [-0.25, -0.2) is 0 Å². The zero-order chi connectivity index (χ0) is 17.1. The number of carbonyl (C=O) groups excluding carboxylic acids is 2. The molecule has 1 aliphatic rings. The van der Waals surface area contributed by atoms with Crippen LogP contribution in [-0.4, -0.2) is 11.8 Å². The second-order valence-electron chi connectivity index (χ2n) is 5.65. The molecule has 0 aliphatic heterocycles. The molecule has 0 fully saturated rings. The van der Waals surface area contributed by atoms with Crippen LogP contribution in [0.5, 0.6) is 0 Å². The maximum absolute atomic E-state index is 12.2. The molecule has 6 heteroatoms. The van der Waals surface area contributed by atoms with Crippen LogP contribution in [0.4, 0.5) is 5.00 Å². The first-order chi connectivity index (χ1) is 11.5. The number of aryl methyl sites for hydroxylation is 1. The Balaban J connectivity index is 1.78. The quantitative estimate of drug-likeness (QED) is 0.751. The van der Waals surface area contributed by atoms with E-state index in [0.29, 0.717) is 10.6 Å².